The Morgan fingerprint density at radius 1 is 0.857 bits per heavy atom. The van der Waals surface area contributed by atoms with Gasteiger partial charge in [0.1, 0.15) is 0 Å². The number of benzene rings is 1. The second-order valence-corrected chi connectivity index (χ2v) is 5.10. The van der Waals surface area contributed by atoms with Crippen LogP contribution in [0.3, 0.4) is 0 Å². The van der Waals surface area contributed by atoms with Gasteiger partial charge in [-0.15, -0.1) is 0 Å². The molecule has 0 bridgehead atoms. The van der Waals surface area contributed by atoms with Gasteiger partial charge in [-0.1, -0.05) is 38.8 Å². The van der Waals surface area contributed by atoms with Crippen LogP contribution in [0.5, 0.6) is 0 Å². The van der Waals surface area contributed by atoms with Crippen molar-refractivity contribution in [3.8, 4) is 0 Å². The summed E-state index contributed by atoms with van der Waals surface area (Å²) in [7, 11) is 0. The van der Waals surface area contributed by atoms with Crippen LogP contribution >= 0.6 is 31.9 Å². The second kappa shape index (κ2) is 5.92. The van der Waals surface area contributed by atoms with E-state index in [1.165, 1.54) is 32.9 Å². The second-order valence-electron chi connectivity index (χ2n) is 3.51. The standard InChI is InChI=1S/C12H16Br2/c1-3-5-9-7-8-10(6-4-2)12(14)11(9)13/h7-8H,3-6H2,1-2H3. The van der Waals surface area contributed by atoms with Gasteiger partial charge in [0.05, 0.1) is 0 Å². The quantitative estimate of drug-likeness (QED) is 0.722. The molecule has 1 rings (SSSR count). The topological polar surface area (TPSA) is 0 Å². The summed E-state index contributed by atoms with van der Waals surface area (Å²) in [5, 5.41) is 0. The predicted octanol–water partition coefficient (Wildman–Crippen LogP) is 5.12. The van der Waals surface area contributed by atoms with E-state index in [9.17, 15) is 0 Å². The molecule has 1 aromatic carbocycles. The van der Waals surface area contributed by atoms with Gasteiger partial charge in [-0.2, -0.15) is 0 Å². The molecule has 0 aliphatic carbocycles. The van der Waals surface area contributed by atoms with Crippen LogP contribution in [0.2, 0.25) is 0 Å². The molecular formula is C12H16Br2. The Bertz CT molecular complexity index is 274. The molecule has 0 aromatic heterocycles. The average Bonchev–Trinajstić information content (AvgIpc) is 2.18. The fourth-order valence-corrected chi connectivity index (χ4v) is 2.72. The van der Waals surface area contributed by atoms with Crippen molar-refractivity contribution in [3.63, 3.8) is 0 Å². The smallest absolute Gasteiger partial charge is 0.0352 e. The number of hydrogen-bond acceptors (Lipinski definition) is 0. The molecule has 0 heterocycles. The summed E-state index contributed by atoms with van der Waals surface area (Å²) >= 11 is 7.31. The van der Waals surface area contributed by atoms with Gasteiger partial charge in [0.2, 0.25) is 0 Å². The van der Waals surface area contributed by atoms with Crippen molar-refractivity contribution in [1.29, 1.82) is 0 Å². The maximum absolute atomic E-state index is 3.66. The summed E-state index contributed by atoms with van der Waals surface area (Å²) < 4.78 is 2.48. The van der Waals surface area contributed by atoms with Crippen LogP contribution in [0.4, 0.5) is 0 Å². The summed E-state index contributed by atoms with van der Waals surface area (Å²) in [5.41, 5.74) is 2.80. The minimum atomic E-state index is 1.14. The Balaban J connectivity index is 2.99. The maximum atomic E-state index is 3.66. The van der Waals surface area contributed by atoms with E-state index in [1.807, 2.05) is 0 Å². The highest BCUT2D eigenvalue weighted by atomic mass is 79.9. The normalized spacial score (nSPS) is 10.6. The molecule has 0 radical (unpaired) electrons. The van der Waals surface area contributed by atoms with Crippen LogP contribution in [-0.4, -0.2) is 0 Å². The minimum absolute atomic E-state index is 1.14. The lowest BCUT2D eigenvalue weighted by Crippen LogP contribution is -1.92. The molecule has 0 unspecified atom stereocenters. The molecule has 78 valence electrons. The number of halogens is 2. The number of aryl methyl sites for hydroxylation is 2. The van der Waals surface area contributed by atoms with Crippen LogP contribution in [0.1, 0.15) is 37.8 Å². The lowest BCUT2D eigenvalue weighted by atomic mass is 10.1. The van der Waals surface area contributed by atoms with Gasteiger partial charge < -0.3 is 0 Å². The first kappa shape index (κ1) is 12.3. The predicted molar refractivity (Wildman–Crippen MR) is 69.8 cm³/mol. The van der Waals surface area contributed by atoms with Gasteiger partial charge in [0, 0.05) is 8.95 Å². The fourth-order valence-electron chi connectivity index (χ4n) is 1.55. The third kappa shape index (κ3) is 2.83. The molecule has 0 amide bonds. The van der Waals surface area contributed by atoms with Crippen LogP contribution in [0.15, 0.2) is 21.1 Å². The molecule has 0 nitrogen and oxygen atoms in total. The van der Waals surface area contributed by atoms with Gasteiger partial charge in [-0.25, -0.2) is 0 Å². The molecule has 0 N–H and O–H groups in total. The molecule has 0 aliphatic rings. The van der Waals surface area contributed by atoms with E-state index in [2.05, 4.69) is 57.8 Å². The molecule has 0 atom stereocenters. The third-order valence-corrected chi connectivity index (χ3v) is 4.62. The molecule has 0 aliphatic heterocycles. The van der Waals surface area contributed by atoms with Crippen molar-refractivity contribution in [3.05, 3.63) is 32.2 Å². The first-order valence-electron chi connectivity index (χ1n) is 5.16. The molecule has 0 saturated carbocycles. The van der Waals surface area contributed by atoms with E-state index in [1.54, 1.807) is 0 Å². The van der Waals surface area contributed by atoms with Crippen molar-refractivity contribution in [1.82, 2.24) is 0 Å². The zero-order valence-electron chi connectivity index (χ0n) is 8.74. The molecule has 1 aromatic rings. The average molecular weight is 320 g/mol. The van der Waals surface area contributed by atoms with Crippen molar-refractivity contribution >= 4 is 31.9 Å². The van der Waals surface area contributed by atoms with Gasteiger partial charge in [-0.05, 0) is 55.8 Å². The Hall–Kier alpha value is 0.180. The van der Waals surface area contributed by atoms with E-state index in [-0.39, 0.29) is 0 Å². The number of rotatable bonds is 4. The summed E-state index contributed by atoms with van der Waals surface area (Å²) in [6, 6.07) is 4.48. The maximum Gasteiger partial charge on any atom is 0.0352 e. The Morgan fingerprint density at radius 3 is 1.50 bits per heavy atom. The van der Waals surface area contributed by atoms with Crippen molar-refractivity contribution in [2.45, 2.75) is 39.5 Å². The third-order valence-electron chi connectivity index (χ3n) is 2.28. The van der Waals surface area contributed by atoms with E-state index in [0.29, 0.717) is 0 Å². The van der Waals surface area contributed by atoms with Crippen LogP contribution in [0, 0.1) is 0 Å². The highest BCUT2D eigenvalue weighted by molar-refractivity contribution is 9.13. The molecule has 0 saturated heterocycles. The van der Waals surface area contributed by atoms with Crippen molar-refractivity contribution in [2.75, 3.05) is 0 Å². The zero-order chi connectivity index (χ0) is 10.6. The van der Waals surface area contributed by atoms with Crippen LogP contribution in [-0.2, 0) is 12.8 Å². The largest absolute Gasteiger partial charge is 0.0651 e. The van der Waals surface area contributed by atoms with E-state index < -0.39 is 0 Å². The molecule has 0 spiro atoms. The van der Waals surface area contributed by atoms with Gasteiger partial charge in [0.25, 0.3) is 0 Å². The monoisotopic (exact) mass is 318 g/mol. The molecule has 14 heavy (non-hydrogen) atoms. The lowest BCUT2D eigenvalue weighted by Gasteiger charge is -2.09. The first-order chi connectivity index (χ1) is 6.70. The Kier molecular flexibility index (Phi) is 5.18. The summed E-state index contributed by atoms with van der Waals surface area (Å²) in [6.45, 7) is 4.42. The van der Waals surface area contributed by atoms with Gasteiger partial charge >= 0.3 is 0 Å². The zero-order valence-corrected chi connectivity index (χ0v) is 11.9. The van der Waals surface area contributed by atoms with E-state index in [4.69, 9.17) is 0 Å². The molecule has 0 fully saturated rings. The van der Waals surface area contributed by atoms with Crippen LogP contribution < -0.4 is 0 Å². The highest BCUT2D eigenvalue weighted by Crippen LogP contribution is 2.31. The highest BCUT2D eigenvalue weighted by Gasteiger charge is 2.07. The summed E-state index contributed by atoms with van der Waals surface area (Å²) in [6.07, 6.45) is 4.67. The van der Waals surface area contributed by atoms with E-state index in [0.717, 1.165) is 12.8 Å². The van der Waals surface area contributed by atoms with Gasteiger partial charge in [0.15, 0.2) is 0 Å². The van der Waals surface area contributed by atoms with Crippen LogP contribution in [0.25, 0.3) is 0 Å². The number of hydrogen-bond donors (Lipinski definition) is 0. The fraction of sp³-hybridized carbons (Fsp3) is 0.500. The van der Waals surface area contributed by atoms with E-state index >= 15 is 0 Å². The summed E-state index contributed by atoms with van der Waals surface area (Å²) in [4.78, 5) is 0. The molecule has 2 heteroatoms. The molecular weight excluding hydrogens is 304 g/mol. The van der Waals surface area contributed by atoms with Crippen molar-refractivity contribution < 1.29 is 0 Å². The summed E-state index contributed by atoms with van der Waals surface area (Å²) in [5.74, 6) is 0. The minimum Gasteiger partial charge on any atom is -0.0651 e. The van der Waals surface area contributed by atoms with Gasteiger partial charge in [-0.3, -0.25) is 0 Å². The Morgan fingerprint density at radius 2 is 1.21 bits per heavy atom. The Labute approximate surface area is 103 Å². The lowest BCUT2D eigenvalue weighted by molar-refractivity contribution is 0.894. The SMILES string of the molecule is CCCc1ccc(CCC)c(Br)c1Br. The van der Waals surface area contributed by atoms with Crippen molar-refractivity contribution in [2.24, 2.45) is 0 Å². The first-order valence-corrected chi connectivity index (χ1v) is 6.75.